The minimum Gasteiger partial charge on any atom is -0.496 e. The van der Waals surface area contributed by atoms with Crippen molar-refractivity contribution in [2.45, 2.75) is 45.4 Å². The Morgan fingerprint density at radius 3 is 2.83 bits per heavy atom. The fourth-order valence-corrected chi connectivity index (χ4v) is 3.76. The summed E-state index contributed by atoms with van der Waals surface area (Å²) in [4.78, 5) is 0. The van der Waals surface area contributed by atoms with Gasteiger partial charge in [-0.05, 0) is 85.9 Å². The van der Waals surface area contributed by atoms with Gasteiger partial charge in [-0.1, -0.05) is 12.2 Å². The van der Waals surface area contributed by atoms with Gasteiger partial charge in [-0.15, -0.1) is 0 Å². The molecule has 2 heteroatoms. The summed E-state index contributed by atoms with van der Waals surface area (Å²) in [6.07, 6.45) is 13.8. The summed E-state index contributed by atoms with van der Waals surface area (Å²) in [6.45, 7) is 2.07. The normalized spacial score (nSPS) is 14.2. The van der Waals surface area contributed by atoms with Gasteiger partial charge in [-0.3, -0.25) is 0 Å². The van der Waals surface area contributed by atoms with E-state index in [1.165, 1.54) is 42.5 Å². The van der Waals surface area contributed by atoms with E-state index in [1.54, 1.807) is 18.2 Å². The number of allylic oxidation sites excluding steroid dienone is 2. The first-order chi connectivity index (χ1) is 11.2. The number of benzene rings is 1. The average Bonchev–Trinajstić information content (AvgIpc) is 2.90. The molecule has 1 aliphatic carbocycles. The Hall–Kier alpha value is -1.96. The quantitative estimate of drug-likeness (QED) is 0.702. The summed E-state index contributed by atoms with van der Waals surface area (Å²) in [5.41, 5.74) is 7.12. The molecule has 23 heavy (non-hydrogen) atoms. The summed E-state index contributed by atoms with van der Waals surface area (Å²) in [7, 11) is 3.94. The predicted molar refractivity (Wildman–Crippen MR) is 97.2 cm³/mol. The molecule has 0 spiro atoms. The highest BCUT2D eigenvalue weighted by molar-refractivity contribution is 5.68. The molecule has 0 bridgehead atoms. The van der Waals surface area contributed by atoms with Gasteiger partial charge in [0.05, 0.1) is 12.8 Å². The van der Waals surface area contributed by atoms with Crippen LogP contribution in [-0.2, 0) is 26.3 Å². The first kappa shape index (κ1) is 15.9. The lowest BCUT2D eigenvalue weighted by atomic mass is 9.91. The summed E-state index contributed by atoms with van der Waals surface area (Å²) in [5, 5.41) is 0. The maximum absolute atomic E-state index is 5.56. The van der Waals surface area contributed by atoms with Gasteiger partial charge in [-0.2, -0.15) is 0 Å². The SMILES string of the molecule is CC=CCCc1cc(-c2c3c(cn2C)CCCC3)ccc1OC. The number of hydrogen-bond acceptors (Lipinski definition) is 1. The van der Waals surface area contributed by atoms with Gasteiger partial charge in [0.2, 0.25) is 0 Å². The van der Waals surface area contributed by atoms with E-state index >= 15 is 0 Å². The lowest BCUT2D eigenvalue weighted by Crippen LogP contribution is -2.01. The van der Waals surface area contributed by atoms with E-state index in [1.807, 2.05) is 0 Å². The van der Waals surface area contributed by atoms with Gasteiger partial charge in [0.25, 0.3) is 0 Å². The van der Waals surface area contributed by atoms with Crippen LogP contribution < -0.4 is 4.74 Å². The van der Waals surface area contributed by atoms with Crippen molar-refractivity contribution in [2.24, 2.45) is 7.05 Å². The highest BCUT2D eigenvalue weighted by Gasteiger charge is 2.19. The third-order valence-electron chi connectivity index (χ3n) is 4.87. The monoisotopic (exact) mass is 309 g/mol. The first-order valence-electron chi connectivity index (χ1n) is 8.70. The lowest BCUT2D eigenvalue weighted by Gasteiger charge is -2.15. The van der Waals surface area contributed by atoms with Gasteiger partial charge in [0.1, 0.15) is 5.75 Å². The third kappa shape index (κ3) is 3.21. The molecule has 0 aliphatic heterocycles. The molecule has 0 radical (unpaired) electrons. The molecule has 1 aromatic carbocycles. The molecule has 0 N–H and O–H groups in total. The van der Waals surface area contributed by atoms with E-state index in [2.05, 4.69) is 55.1 Å². The molecular formula is C21H27NO. The maximum atomic E-state index is 5.56. The van der Waals surface area contributed by atoms with Crippen molar-refractivity contribution >= 4 is 0 Å². The van der Waals surface area contributed by atoms with Crippen molar-refractivity contribution < 1.29 is 4.74 Å². The molecule has 0 unspecified atom stereocenters. The van der Waals surface area contributed by atoms with Crippen LogP contribution in [0.1, 0.15) is 42.9 Å². The second kappa shape index (κ2) is 7.08. The zero-order chi connectivity index (χ0) is 16.2. The summed E-state index contributed by atoms with van der Waals surface area (Å²) in [5.74, 6) is 1.00. The molecule has 1 aliphatic rings. The number of rotatable bonds is 5. The molecule has 0 atom stereocenters. The van der Waals surface area contributed by atoms with Crippen LogP contribution in [0.3, 0.4) is 0 Å². The smallest absolute Gasteiger partial charge is 0.122 e. The highest BCUT2D eigenvalue weighted by atomic mass is 16.5. The number of aryl methyl sites for hydroxylation is 3. The van der Waals surface area contributed by atoms with Crippen LogP contribution in [0.15, 0.2) is 36.5 Å². The predicted octanol–water partition coefficient (Wildman–Crippen LogP) is 5.09. The van der Waals surface area contributed by atoms with E-state index in [0.29, 0.717) is 0 Å². The first-order valence-corrected chi connectivity index (χ1v) is 8.70. The highest BCUT2D eigenvalue weighted by Crippen LogP contribution is 2.35. The molecule has 0 amide bonds. The van der Waals surface area contributed by atoms with Crippen LogP contribution in [0.2, 0.25) is 0 Å². The fraction of sp³-hybridized carbons (Fsp3) is 0.429. The molecule has 122 valence electrons. The minimum atomic E-state index is 1.00. The van der Waals surface area contributed by atoms with Crippen molar-refractivity contribution in [3.05, 3.63) is 53.2 Å². The van der Waals surface area contributed by atoms with E-state index in [9.17, 15) is 0 Å². The van der Waals surface area contributed by atoms with Crippen LogP contribution in [0.4, 0.5) is 0 Å². The molecule has 0 fully saturated rings. The van der Waals surface area contributed by atoms with Gasteiger partial charge >= 0.3 is 0 Å². The van der Waals surface area contributed by atoms with Gasteiger partial charge in [0, 0.05) is 13.2 Å². The van der Waals surface area contributed by atoms with Crippen molar-refractivity contribution in [3.8, 4) is 17.0 Å². The number of ether oxygens (including phenoxy) is 1. The summed E-state index contributed by atoms with van der Waals surface area (Å²) < 4.78 is 7.87. The van der Waals surface area contributed by atoms with Crippen molar-refractivity contribution in [2.75, 3.05) is 7.11 Å². The third-order valence-corrected chi connectivity index (χ3v) is 4.87. The molecule has 2 nitrogen and oxygen atoms in total. The number of hydrogen-bond donors (Lipinski definition) is 0. The van der Waals surface area contributed by atoms with Gasteiger partial charge in [0.15, 0.2) is 0 Å². The number of fused-ring (bicyclic) bond motifs is 1. The molecule has 0 saturated carbocycles. The van der Waals surface area contributed by atoms with E-state index < -0.39 is 0 Å². The van der Waals surface area contributed by atoms with Gasteiger partial charge in [-0.25, -0.2) is 0 Å². The zero-order valence-electron chi connectivity index (χ0n) is 14.6. The Labute approximate surface area is 139 Å². The number of methoxy groups -OCH3 is 1. The molecule has 0 saturated heterocycles. The summed E-state index contributed by atoms with van der Waals surface area (Å²) >= 11 is 0. The van der Waals surface area contributed by atoms with E-state index in [0.717, 1.165) is 18.6 Å². The van der Waals surface area contributed by atoms with Crippen molar-refractivity contribution in [1.82, 2.24) is 4.57 Å². The largest absolute Gasteiger partial charge is 0.496 e. The van der Waals surface area contributed by atoms with E-state index in [4.69, 9.17) is 4.74 Å². The Morgan fingerprint density at radius 1 is 1.22 bits per heavy atom. The molecular weight excluding hydrogens is 282 g/mol. The summed E-state index contributed by atoms with van der Waals surface area (Å²) in [6, 6.07) is 6.66. The zero-order valence-corrected chi connectivity index (χ0v) is 14.6. The molecule has 1 aromatic heterocycles. The lowest BCUT2D eigenvalue weighted by molar-refractivity contribution is 0.409. The second-order valence-electron chi connectivity index (χ2n) is 6.43. The van der Waals surface area contributed by atoms with Crippen LogP contribution in [0.5, 0.6) is 5.75 Å². The minimum absolute atomic E-state index is 1.00. The van der Waals surface area contributed by atoms with Crippen LogP contribution in [0.25, 0.3) is 11.3 Å². The molecule has 2 aromatic rings. The number of aromatic nitrogens is 1. The Balaban J connectivity index is 2.00. The maximum Gasteiger partial charge on any atom is 0.122 e. The molecule has 1 heterocycles. The van der Waals surface area contributed by atoms with Crippen molar-refractivity contribution in [1.29, 1.82) is 0 Å². The van der Waals surface area contributed by atoms with Crippen LogP contribution >= 0.6 is 0 Å². The standard InChI is InChI=1S/C21H27NO/c1-4-5-6-9-16-14-17(12-13-20(16)23-3)21-19-11-8-7-10-18(19)15-22(21)2/h4-5,12-15H,6-11H2,1-3H3. The number of nitrogens with zero attached hydrogens (tertiary/aromatic N) is 1. The van der Waals surface area contributed by atoms with Crippen LogP contribution in [0, 0.1) is 0 Å². The Morgan fingerprint density at radius 2 is 2.04 bits per heavy atom. The topological polar surface area (TPSA) is 14.2 Å². The van der Waals surface area contributed by atoms with Gasteiger partial charge < -0.3 is 9.30 Å². The Kier molecular flexibility index (Phi) is 4.90. The van der Waals surface area contributed by atoms with E-state index in [-0.39, 0.29) is 0 Å². The van der Waals surface area contributed by atoms with Crippen molar-refractivity contribution in [3.63, 3.8) is 0 Å². The Bertz CT molecular complexity index is 709. The van der Waals surface area contributed by atoms with Crippen LogP contribution in [-0.4, -0.2) is 11.7 Å². The average molecular weight is 309 g/mol. The molecule has 3 rings (SSSR count). The second-order valence-corrected chi connectivity index (χ2v) is 6.43. The fourth-order valence-electron chi connectivity index (χ4n) is 3.76.